The number of halogens is 1. The molecule has 0 aromatic heterocycles. The molecule has 1 saturated carbocycles. The van der Waals surface area contributed by atoms with Crippen molar-refractivity contribution in [3.05, 3.63) is 29.8 Å². The second kappa shape index (κ2) is 7.61. The molecular formula is C16H22ClN3O2. The summed E-state index contributed by atoms with van der Waals surface area (Å²) < 4.78 is 0. The minimum Gasteiger partial charge on any atom is -0.349 e. The van der Waals surface area contributed by atoms with Gasteiger partial charge in [0.1, 0.15) is 0 Å². The Labute approximate surface area is 136 Å². The van der Waals surface area contributed by atoms with Crippen molar-refractivity contribution in [2.45, 2.75) is 31.7 Å². The predicted molar refractivity (Wildman–Crippen MR) is 88.4 cm³/mol. The van der Waals surface area contributed by atoms with Gasteiger partial charge < -0.3 is 16.0 Å². The summed E-state index contributed by atoms with van der Waals surface area (Å²) in [5.74, 6) is 0.233. The van der Waals surface area contributed by atoms with Crippen LogP contribution in [0.15, 0.2) is 24.3 Å². The molecule has 2 fully saturated rings. The number of benzene rings is 1. The van der Waals surface area contributed by atoms with E-state index in [4.69, 9.17) is 0 Å². The van der Waals surface area contributed by atoms with Crippen molar-refractivity contribution in [2.75, 3.05) is 18.4 Å². The summed E-state index contributed by atoms with van der Waals surface area (Å²) in [7, 11) is 0. The van der Waals surface area contributed by atoms with Crippen LogP contribution >= 0.6 is 12.4 Å². The first-order valence-electron chi connectivity index (χ1n) is 7.65. The third-order valence-electron chi connectivity index (χ3n) is 4.04. The van der Waals surface area contributed by atoms with Gasteiger partial charge in [0.25, 0.3) is 5.91 Å². The molecule has 2 amide bonds. The van der Waals surface area contributed by atoms with Crippen molar-refractivity contribution >= 4 is 29.9 Å². The summed E-state index contributed by atoms with van der Waals surface area (Å²) in [6.07, 6.45) is 3.92. The van der Waals surface area contributed by atoms with Gasteiger partial charge in [0.2, 0.25) is 5.91 Å². The fourth-order valence-corrected chi connectivity index (χ4v) is 2.53. The van der Waals surface area contributed by atoms with Gasteiger partial charge in [0.05, 0.1) is 0 Å². The lowest BCUT2D eigenvalue weighted by molar-refractivity contribution is -0.117. The molecule has 1 aromatic rings. The Morgan fingerprint density at radius 3 is 2.23 bits per heavy atom. The summed E-state index contributed by atoms with van der Waals surface area (Å²) in [4.78, 5) is 23.8. The van der Waals surface area contributed by atoms with E-state index in [0.717, 1.165) is 44.5 Å². The number of nitrogens with one attached hydrogen (secondary N) is 3. The Balaban J connectivity index is 0.00000176. The highest BCUT2D eigenvalue weighted by atomic mass is 35.5. The molecule has 5 nitrogen and oxygen atoms in total. The van der Waals surface area contributed by atoms with Crippen molar-refractivity contribution in [3.8, 4) is 0 Å². The lowest BCUT2D eigenvalue weighted by atomic mass is 10.1. The molecular weight excluding hydrogens is 302 g/mol. The quantitative estimate of drug-likeness (QED) is 0.793. The molecule has 2 aliphatic rings. The lowest BCUT2D eigenvalue weighted by Crippen LogP contribution is -2.42. The average molecular weight is 324 g/mol. The molecule has 1 aliphatic carbocycles. The number of carbonyl (C=O) groups is 2. The number of anilines is 1. The monoisotopic (exact) mass is 323 g/mol. The molecule has 3 N–H and O–H groups in total. The van der Waals surface area contributed by atoms with Crippen LogP contribution in [-0.4, -0.2) is 30.9 Å². The maximum atomic E-state index is 12.1. The largest absolute Gasteiger partial charge is 0.349 e. The molecule has 3 rings (SSSR count). The molecule has 6 heteroatoms. The molecule has 22 heavy (non-hydrogen) atoms. The number of piperidine rings is 1. The van der Waals surface area contributed by atoms with Gasteiger partial charge in [-0.15, -0.1) is 12.4 Å². The molecule has 0 atom stereocenters. The van der Waals surface area contributed by atoms with Crippen LogP contribution in [0.4, 0.5) is 5.69 Å². The van der Waals surface area contributed by atoms with E-state index in [1.54, 1.807) is 24.3 Å². The Hall–Kier alpha value is -1.59. The van der Waals surface area contributed by atoms with Crippen LogP contribution in [-0.2, 0) is 4.79 Å². The molecule has 0 bridgehead atoms. The number of hydrogen-bond donors (Lipinski definition) is 3. The van der Waals surface area contributed by atoms with E-state index in [1.165, 1.54) is 0 Å². The molecule has 1 saturated heterocycles. The van der Waals surface area contributed by atoms with Crippen LogP contribution in [0.2, 0.25) is 0 Å². The highest BCUT2D eigenvalue weighted by Crippen LogP contribution is 2.30. The van der Waals surface area contributed by atoms with Gasteiger partial charge in [-0.3, -0.25) is 9.59 Å². The molecule has 120 valence electrons. The Morgan fingerprint density at radius 2 is 1.64 bits per heavy atom. The molecule has 1 aromatic carbocycles. The summed E-state index contributed by atoms with van der Waals surface area (Å²) in [5.41, 5.74) is 1.39. The van der Waals surface area contributed by atoms with Crippen molar-refractivity contribution < 1.29 is 9.59 Å². The van der Waals surface area contributed by atoms with E-state index in [0.29, 0.717) is 5.56 Å². The van der Waals surface area contributed by atoms with Crippen molar-refractivity contribution in [2.24, 2.45) is 5.92 Å². The smallest absolute Gasteiger partial charge is 0.251 e. The lowest BCUT2D eigenvalue weighted by Gasteiger charge is -2.23. The SMILES string of the molecule is Cl.O=C(NC1CCNCC1)c1ccc(NC(=O)C2CC2)cc1. The van der Waals surface area contributed by atoms with Gasteiger partial charge in [-0.05, 0) is 63.0 Å². The normalized spacial score (nSPS) is 18.2. The fourth-order valence-electron chi connectivity index (χ4n) is 2.53. The van der Waals surface area contributed by atoms with Gasteiger partial charge in [-0.25, -0.2) is 0 Å². The van der Waals surface area contributed by atoms with Crippen LogP contribution in [0.5, 0.6) is 0 Å². The van der Waals surface area contributed by atoms with E-state index in [-0.39, 0.29) is 36.2 Å². The minimum absolute atomic E-state index is 0. The fraction of sp³-hybridized carbons (Fsp3) is 0.500. The first-order valence-corrected chi connectivity index (χ1v) is 7.65. The van der Waals surface area contributed by atoms with Crippen LogP contribution in [0.1, 0.15) is 36.0 Å². The zero-order valence-corrected chi connectivity index (χ0v) is 13.2. The van der Waals surface area contributed by atoms with Gasteiger partial charge in [-0.2, -0.15) is 0 Å². The highest BCUT2D eigenvalue weighted by Gasteiger charge is 2.29. The summed E-state index contributed by atoms with van der Waals surface area (Å²) in [6, 6.07) is 7.36. The average Bonchev–Trinajstić information content (AvgIpc) is 3.33. The maximum absolute atomic E-state index is 12.1. The third kappa shape index (κ3) is 4.45. The van der Waals surface area contributed by atoms with Gasteiger partial charge in [0.15, 0.2) is 0 Å². The van der Waals surface area contributed by atoms with Crippen LogP contribution in [0.3, 0.4) is 0 Å². The second-order valence-corrected chi connectivity index (χ2v) is 5.84. The predicted octanol–water partition coefficient (Wildman–Crippen LogP) is 1.94. The van der Waals surface area contributed by atoms with E-state index in [2.05, 4.69) is 16.0 Å². The molecule has 1 aliphatic heterocycles. The summed E-state index contributed by atoms with van der Waals surface area (Å²) in [6.45, 7) is 1.91. The van der Waals surface area contributed by atoms with Crippen LogP contribution in [0.25, 0.3) is 0 Å². The Morgan fingerprint density at radius 1 is 1.00 bits per heavy atom. The topological polar surface area (TPSA) is 70.2 Å². The molecule has 0 spiro atoms. The van der Waals surface area contributed by atoms with E-state index in [9.17, 15) is 9.59 Å². The maximum Gasteiger partial charge on any atom is 0.251 e. The summed E-state index contributed by atoms with van der Waals surface area (Å²) >= 11 is 0. The first-order chi connectivity index (χ1) is 10.2. The standard InChI is InChI=1S/C16H21N3O2.ClH/c20-15(11-1-2-11)18-13-5-3-12(4-6-13)16(21)19-14-7-9-17-10-8-14;/h3-6,11,14,17H,1-2,7-10H2,(H,18,20)(H,19,21);1H. The Kier molecular flexibility index (Phi) is 5.80. The van der Waals surface area contributed by atoms with Gasteiger partial charge >= 0.3 is 0 Å². The van der Waals surface area contributed by atoms with E-state index < -0.39 is 0 Å². The highest BCUT2D eigenvalue weighted by molar-refractivity contribution is 5.96. The van der Waals surface area contributed by atoms with Crippen LogP contribution in [0, 0.1) is 5.92 Å². The number of amides is 2. The van der Waals surface area contributed by atoms with Gasteiger partial charge in [-0.1, -0.05) is 0 Å². The van der Waals surface area contributed by atoms with Crippen molar-refractivity contribution in [3.63, 3.8) is 0 Å². The van der Waals surface area contributed by atoms with Gasteiger partial charge in [0, 0.05) is 23.2 Å². The van der Waals surface area contributed by atoms with Crippen LogP contribution < -0.4 is 16.0 Å². The zero-order chi connectivity index (χ0) is 14.7. The first kappa shape index (κ1) is 16.8. The molecule has 0 unspecified atom stereocenters. The van der Waals surface area contributed by atoms with E-state index in [1.807, 2.05) is 0 Å². The van der Waals surface area contributed by atoms with Crippen molar-refractivity contribution in [1.82, 2.24) is 10.6 Å². The third-order valence-corrected chi connectivity index (χ3v) is 4.04. The second-order valence-electron chi connectivity index (χ2n) is 5.84. The van der Waals surface area contributed by atoms with Crippen molar-refractivity contribution in [1.29, 1.82) is 0 Å². The zero-order valence-electron chi connectivity index (χ0n) is 12.4. The van der Waals surface area contributed by atoms with E-state index >= 15 is 0 Å². The Bertz CT molecular complexity index is 523. The number of hydrogen-bond acceptors (Lipinski definition) is 3. The number of carbonyl (C=O) groups excluding carboxylic acids is 2. The molecule has 0 radical (unpaired) electrons. The summed E-state index contributed by atoms with van der Waals surface area (Å²) in [5, 5.41) is 9.21. The molecule has 1 heterocycles. The number of rotatable bonds is 4. The minimum atomic E-state index is -0.0398.